The third kappa shape index (κ3) is 8.36. The van der Waals surface area contributed by atoms with E-state index in [1.165, 1.54) is 85.9 Å². The van der Waals surface area contributed by atoms with E-state index >= 15 is 0 Å². The minimum Gasteiger partial charge on any atom is -0.493 e. The van der Waals surface area contributed by atoms with Gasteiger partial charge in [0.1, 0.15) is 5.75 Å². The normalized spacial score (nSPS) is 19.4. The first-order valence-corrected chi connectivity index (χ1v) is 16.3. The minimum atomic E-state index is 0.570. The van der Waals surface area contributed by atoms with E-state index in [1.54, 1.807) is 0 Å². The Labute approximate surface area is 245 Å². The van der Waals surface area contributed by atoms with Gasteiger partial charge in [-0.1, -0.05) is 90.1 Å². The summed E-state index contributed by atoms with van der Waals surface area (Å²) in [6.07, 6.45) is 14.1. The second-order valence-corrected chi connectivity index (χ2v) is 12.5. The summed E-state index contributed by atoms with van der Waals surface area (Å²) in [5, 5.41) is 0. The number of anilines is 1. The van der Waals surface area contributed by atoms with E-state index in [1.807, 2.05) is 0 Å². The molecule has 0 radical (unpaired) electrons. The molecule has 2 aromatic carbocycles. The zero-order chi connectivity index (χ0) is 28.3. The molecule has 0 aliphatic carbocycles. The predicted octanol–water partition coefficient (Wildman–Crippen LogP) is 8.45. The number of benzene rings is 2. The van der Waals surface area contributed by atoms with Crippen LogP contribution in [0.15, 0.2) is 54.7 Å². The van der Waals surface area contributed by atoms with E-state index in [-0.39, 0.29) is 0 Å². The second-order valence-electron chi connectivity index (χ2n) is 12.5. The van der Waals surface area contributed by atoms with Crippen LogP contribution in [0.25, 0.3) is 0 Å². The van der Waals surface area contributed by atoms with E-state index in [4.69, 9.17) is 10.5 Å². The van der Waals surface area contributed by atoms with E-state index in [9.17, 15) is 0 Å². The van der Waals surface area contributed by atoms with E-state index in [0.29, 0.717) is 18.5 Å². The Kier molecular flexibility index (Phi) is 12.0. The topological polar surface area (TPSA) is 41.7 Å². The monoisotopic (exact) mass is 545 g/mol. The van der Waals surface area contributed by atoms with Crippen LogP contribution in [0.2, 0.25) is 0 Å². The third-order valence-electron chi connectivity index (χ3n) is 9.22. The Morgan fingerprint density at radius 3 is 2.73 bits per heavy atom. The van der Waals surface area contributed by atoms with Crippen molar-refractivity contribution in [1.82, 2.24) is 4.90 Å². The highest BCUT2D eigenvalue weighted by Crippen LogP contribution is 2.38. The van der Waals surface area contributed by atoms with Gasteiger partial charge < -0.3 is 15.4 Å². The van der Waals surface area contributed by atoms with Crippen molar-refractivity contribution >= 4 is 5.69 Å². The van der Waals surface area contributed by atoms with E-state index < -0.39 is 0 Å². The SMILES string of the molecule is C=C(CN1CC(c2ccc3c(c2)CCO3)CC1CCC(C)CCCCCC)N(CCCC)c1cccc(CN)c1. The molecule has 2 aromatic rings. The Morgan fingerprint density at radius 2 is 1.93 bits per heavy atom. The fourth-order valence-electron chi connectivity index (χ4n) is 6.68. The van der Waals surface area contributed by atoms with Gasteiger partial charge in [-0.25, -0.2) is 0 Å². The molecule has 2 heterocycles. The fraction of sp³-hybridized carbons (Fsp3) is 0.611. The zero-order valence-corrected chi connectivity index (χ0v) is 25.7. The van der Waals surface area contributed by atoms with Gasteiger partial charge in [0.25, 0.3) is 0 Å². The number of nitrogens with zero attached hydrogens (tertiary/aromatic N) is 2. The molecule has 40 heavy (non-hydrogen) atoms. The maximum absolute atomic E-state index is 6.00. The van der Waals surface area contributed by atoms with Crippen molar-refractivity contribution in [3.05, 3.63) is 71.4 Å². The zero-order valence-electron chi connectivity index (χ0n) is 25.7. The molecule has 3 unspecified atom stereocenters. The number of rotatable bonds is 17. The van der Waals surface area contributed by atoms with Gasteiger partial charge in [0.15, 0.2) is 0 Å². The highest BCUT2D eigenvalue weighted by atomic mass is 16.5. The van der Waals surface area contributed by atoms with Crippen LogP contribution in [-0.4, -0.2) is 37.2 Å². The largest absolute Gasteiger partial charge is 0.493 e. The molecule has 0 spiro atoms. The summed E-state index contributed by atoms with van der Waals surface area (Å²) in [6.45, 7) is 16.1. The Hall–Kier alpha value is -2.30. The van der Waals surface area contributed by atoms with Crippen LogP contribution in [0.3, 0.4) is 0 Å². The van der Waals surface area contributed by atoms with Crippen molar-refractivity contribution in [2.45, 2.75) is 110 Å². The van der Waals surface area contributed by atoms with Crippen molar-refractivity contribution in [1.29, 1.82) is 0 Å². The molecule has 0 amide bonds. The molecule has 0 aromatic heterocycles. The van der Waals surface area contributed by atoms with Gasteiger partial charge in [0.2, 0.25) is 0 Å². The number of ether oxygens (including phenoxy) is 1. The van der Waals surface area contributed by atoms with Gasteiger partial charge in [0, 0.05) is 50.0 Å². The summed E-state index contributed by atoms with van der Waals surface area (Å²) < 4.78 is 5.80. The Morgan fingerprint density at radius 1 is 1.07 bits per heavy atom. The summed E-state index contributed by atoms with van der Waals surface area (Å²) >= 11 is 0. The van der Waals surface area contributed by atoms with Crippen molar-refractivity contribution in [2.75, 3.05) is 31.1 Å². The minimum absolute atomic E-state index is 0.570. The molecule has 3 atom stereocenters. The number of fused-ring (bicyclic) bond motifs is 1. The maximum Gasteiger partial charge on any atom is 0.122 e. The molecule has 1 saturated heterocycles. The Bertz CT molecular complexity index is 1070. The first-order chi connectivity index (χ1) is 19.5. The summed E-state index contributed by atoms with van der Waals surface area (Å²) in [4.78, 5) is 5.21. The van der Waals surface area contributed by atoms with Gasteiger partial charge in [-0.15, -0.1) is 0 Å². The molecule has 0 bridgehead atoms. The number of unbranched alkanes of at least 4 members (excludes halogenated alkanes) is 4. The first kappa shape index (κ1) is 30.7. The van der Waals surface area contributed by atoms with Crippen LogP contribution >= 0.6 is 0 Å². The second kappa shape index (κ2) is 15.6. The average Bonchev–Trinajstić information content (AvgIpc) is 3.61. The molecule has 220 valence electrons. The molecule has 4 nitrogen and oxygen atoms in total. The van der Waals surface area contributed by atoms with E-state index in [2.05, 4.69) is 79.6 Å². The quantitative estimate of drug-likeness (QED) is 0.203. The lowest BCUT2D eigenvalue weighted by molar-refractivity contribution is 0.245. The molecule has 0 saturated carbocycles. The lowest BCUT2D eigenvalue weighted by Gasteiger charge is -2.32. The van der Waals surface area contributed by atoms with Crippen LogP contribution in [0, 0.1) is 5.92 Å². The Balaban J connectivity index is 1.47. The molecule has 2 aliphatic rings. The van der Waals surface area contributed by atoms with Gasteiger partial charge in [-0.05, 0) is 72.4 Å². The average molecular weight is 546 g/mol. The third-order valence-corrected chi connectivity index (χ3v) is 9.22. The summed E-state index contributed by atoms with van der Waals surface area (Å²) in [6, 6.07) is 16.3. The van der Waals surface area contributed by atoms with Crippen LogP contribution in [-0.2, 0) is 13.0 Å². The van der Waals surface area contributed by atoms with Gasteiger partial charge >= 0.3 is 0 Å². The number of hydrogen-bond acceptors (Lipinski definition) is 4. The highest BCUT2D eigenvalue weighted by molar-refractivity contribution is 5.53. The summed E-state index contributed by atoms with van der Waals surface area (Å²) in [5.41, 5.74) is 12.5. The van der Waals surface area contributed by atoms with Crippen molar-refractivity contribution in [3.8, 4) is 5.75 Å². The van der Waals surface area contributed by atoms with Crippen LogP contribution in [0.1, 0.15) is 108 Å². The molecule has 4 rings (SSSR count). The number of nitrogens with two attached hydrogens (primary N) is 1. The van der Waals surface area contributed by atoms with Crippen LogP contribution in [0.5, 0.6) is 5.75 Å². The van der Waals surface area contributed by atoms with Crippen molar-refractivity contribution in [2.24, 2.45) is 11.7 Å². The van der Waals surface area contributed by atoms with Crippen molar-refractivity contribution in [3.63, 3.8) is 0 Å². The fourth-order valence-corrected chi connectivity index (χ4v) is 6.68. The number of hydrogen-bond donors (Lipinski definition) is 1. The van der Waals surface area contributed by atoms with Gasteiger partial charge in [-0.3, -0.25) is 4.90 Å². The molecule has 2 aliphatic heterocycles. The molecule has 2 N–H and O–H groups in total. The van der Waals surface area contributed by atoms with Gasteiger partial charge in [0.05, 0.1) is 6.61 Å². The standard InChI is InChI=1S/C36H55N3O/c1-5-7-9-10-12-28(3)15-17-34-24-33(31-16-18-36-32(23-31)19-21-40-36)27-38(34)26-29(4)39(20-8-6-2)35-14-11-13-30(22-35)25-37/h11,13-14,16,18,22-23,28,33-34H,4-10,12,15,17,19-21,24-27,37H2,1-3H3. The maximum atomic E-state index is 6.00. The predicted molar refractivity (Wildman–Crippen MR) is 171 cm³/mol. The summed E-state index contributed by atoms with van der Waals surface area (Å²) in [5.74, 6) is 2.47. The highest BCUT2D eigenvalue weighted by Gasteiger charge is 2.34. The smallest absolute Gasteiger partial charge is 0.122 e. The molecular weight excluding hydrogens is 490 g/mol. The lowest BCUT2D eigenvalue weighted by atomic mass is 9.91. The van der Waals surface area contributed by atoms with Crippen molar-refractivity contribution < 1.29 is 4.74 Å². The lowest BCUT2D eigenvalue weighted by Crippen LogP contribution is -2.36. The summed E-state index contributed by atoms with van der Waals surface area (Å²) in [7, 11) is 0. The molecule has 4 heteroatoms. The number of likely N-dealkylation sites (tertiary alicyclic amines) is 1. The van der Waals surface area contributed by atoms with Gasteiger partial charge in [-0.2, -0.15) is 0 Å². The molecule has 1 fully saturated rings. The first-order valence-electron chi connectivity index (χ1n) is 16.3. The van der Waals surface area contributed by atoms with E-state index in [0.717, 1.165) is 50.8 Å². The van der Waals surface area contributed by atoms with Crippen LogP contribution < -0.4 is 15.4 Å². The molecular formula is C36H55N3O. The van der Waals surface area contributed by atoms with Crippen LogP contribution in [0.4, 0.5) is 5.69 Å².